The number of nitrogens with zero attached hydrogens (tertiary/aromatic N) is 1. The van der Waals surface area contributed by atoms with Gasteiger partial charge in [0, 0.05) is 12.7 Å². The number of imide groups is 1. The number of anilines is 1. The number of likely N-dealkylation sites (N-methyl/N-ethyl adjacent to an activating group) is 1. The number of hydrogen-bond donors (Lipinski definition) is 3. The first-order valence-electron chi connectivity index (χ1n) is 8.04. The van der Waals surface area contributed by atoms with Crippen LogP contribution in [0.25, 0.3) is 0 Å². The van der Waals surface area contributed by atoms with E-state index in [0.717, 1.165) is 24.0 Å². The predicted molar refractivity (Wildman–Crippen MR) is 91.7 cm³/mol. The van der Waals surface area contributed by atoms with Gasteiger partial charge in [-0.3, -0.25) is 19.8 Å². The summed E-state index contributed by atoms with van der Waals surface area (Å²) < 4.78 is 0. The maximum atomic E-state index is 12.0. The third kappa shape index (κ3) is 4.55. The van der Waals surface area contributed by atoms with E-state index >= 15 is 0 Å². The van der Waals surface area contributed by atoms with Crippen LogP contribution < -0.4 is 16.0 Å². The van der Waals surface area contributed by atoms with E-state index < -0.39 is 11.9 Å². The van der Waals surface area contributed by atoms with Gasteiger partial charge in [0.15, 0.2) is 0 Å². The largest absolute Gasteiger partial charge is 0.358 e. The van der Waals surface area contributed by atoms with Gasteiger partial charge in [-0.2, -0.15) is 0 Å². The summed E-state index contributed by atoms with van der Waals surface area (Å²) in [4.78, 5) is 37.6. The average Bonchev–Trinajstić information content (AvgIpc) is 2.97. The normalized spacial score (nSPS) is 17.4. The van der Waals surface area contributed by atoms with Gasteiger partial charge in [0.1, 0.15) is 0 Å². The number of benzene rings is 1. The van der Waals surface area contributed by atoms with Gasteiger partial charge >= 0.3 is 6.03 Å². The first-order chi connectivity index (χ1) is 11.4. The number of rotatable bonds is 4. The first kappa shape index (κ1) is 17.9. The highest BCUT2D eigenvalue weighted by Gasteiger charge is 2.31. The van der Waals surface area contributed by atoms with E-state index in [1.165, 1.54) is 0 Å². The topological polar surface area (TPSA) is 90.5 Å². The lowest BCUT2D eigenvalue weighted by Gasteiger charge is -2.22. The van der Waals surface area contributed by atoms with Gasteiger partial charge in [-0.25, -0.2) is 4.79 Å². The molecule has 1 aromatic rings. The minimum atomic E-state index is -0.567. The van der Waals surface area contributed by atoms with Gasteiger partial charge in [-0.15, -0.1) is 0 Å². The second kappa shape index (κ2) is 7.92. The Morgan fingerprint density at radius 1 is 1.25 bits per heavy atom. The van der Waals surface area contributed by atoms with Gasteiger partial charge < -0.3 is 10.6 Å². The van der Waals surface area contributed by atoms with Crippen LogP contribution in [0, 0.1) is 13.8 Å². The van der Waals surface area contributed by atoms with Crippen molar-refractivity contribution in [2.45, 2.75) is 32.7 Å². The van der Waals surface area contributed by atoms with E-state index in [1.807, 2.05) is 26.0 Å². The first-order valence-corrected chi connectivity index (χ1v) is 8.04. The molecule has 0 saturated carbocycles. The van der Waals surface area contributed by atoms with Crippen LogP contribution in [0.15, 0.2) is 18.2 Å². The van der Waals surface area contributed by atoms with Crippen LogP contribution in [0.3, 0.4) is 0 Å². The number of amides is 4. The molecule has 3 N–H and O–H groups in total. The maximum absolute atomic E-state index is 12.0. The third-order valence-corrected chi connectivity index (χ3v) is 4.14. The zero-order chi connectivity index (χ0) is 17.7. The van der Waals surface area contributed by atoms with Crippen LogP contribution in [0.1, 0.15) is 24.0 Å². The Morgan fingerprint density at radius 2 is 2.00 bits per heavy atom. The number of nitrogens with one attached hydrogen (secondary N) is 3. The molecule has 1 aliphatic heterocycles. The molecule has 7 heteroatoms. The van der Waals surface area contributed by atoms with E-state index in [1.54, 1.807) is 18.0 Å². The number of likely N-dealkylation sites (tertiary alicyclic amines) is 1. The Morgan fingerprint density at radius 3 is 2.67 bits per heavy atom. The molecule has 1 fully saturated rings. The van der Waals surface area contributed by atoms with Crippen LogP contribution >= 0.6 is 0 Å². The van der Waals surface area contributed by atoms with Gasteiger partial charge in [0.05, 0.1) is 12.6 Å². The molecule has 1 saturated heterocycles. The van der Waals surface area contributed by atoms with Gasteiger partial charge in [0.25, 0.3) is 0 Å². The second-order valence-corrected chi connectivity index (χ2v) is 6.06. The molecule has 24 heavy (non-hydrogen) atoms. The lowest BCUT2D eigenvalue weighted by molar-refractivity contribution is -0.126. The van der Waals surface area contributed by atoms with Crippen LogP contribution in [-0.4, -0.2) is 48.9 Å². The Balaban J connectivity index is 1.87. The van der Waals surface area contributed by atoms with Crippen LogP contribution in [0.2, 0.25) is 0 Å². The SMILES string of the molecule is CNC(=O)[C@H]1CCCN1CC(=O)NC(=O)Nc1ccc(C)cc1C. The molecule has 1 aromatic carbocycles. The van der Waals surface area contributed by atoms with Crippen molar-refractivity contribution in [2.75, 3.05) is 25.5 Å². The minimum absolute atomic E-state index is 0.0262. The molecule has 4 amide bonds. The Bertz CT molecular complexity index is 645. The number of carbonyl (C=O) groups is 3. The fourth-order valence-corrected chi connectivity index (χ4v) is 2.94. The average molecular weight is 332 g/mol. The molecule has 2 rings (SSSR count). The predicted octanol–water partition coefficient (Wildman–Crippen LogP) is 1.16. The van der Waals surface area contributed by atoms with E-state index in [0.29, 0.717) is 12.2 Å². The molecule has 1 heterocycles. The summed E-state index contributed by atoms with van der Waals surface area (Å²) in [5, 5.41) is 7.58. The van der Waals surface area contributed by atoms with E-state index in [4.69, 9.17) is 0 Å². The number of urea groups is 1. The summed E-state index contributed by atoms with van der Waals surface area (Å²) in [6, 6.07) is 4.78. The summed E-state index contributed by atoms with van der Waals surface area (Å²) in [6.07, 6.45) is 1.59. The molecule has 0 unspecified atom stereocenters. The monoisotopic (exact) mass is 332 g/mol. The summed E-state index contributed by atoms with van der Waals surface area (Å²) in [5.41, 5.74) is 2.69. The lowest BCUT2D eigenvalue weighted by Crippen LogP contribution is -2.47. The van der Waals surface area contributed by atoms with Crippen LogP contribution in [0.5, 0.6) is 0 Å². The van der Waals surface area contributed by atoms with Crippen molar-refractivity contribution in [3.63, 3.8) is 0 Å². The van der Waals surface area contributed by atoms with Crippen molar-refractivity contribution in [1.82, 2.24) is 15.5 Å². The molecule has 1 atom stereocenters. The highest BCUT2D eigenvalue weighted by Crippen LogP contribution is 2.17. The van der Waals surface area contributed by atoms with Gasteiger partial charge in [0.2, 0.25) is 11.8 Å². The fourth-order valence-electron chi connectivity index (χ4n) is 2.94. The quantitative estimate of drug-likeness (QED) is 0.772. The summed E-state index contributed by atoms with van der Waals surface area (Å²) >= 11 is 0. The van der Waals surface area contributed by atoms with Crippen LogP contribution in [-0.2, 0) is 9.59 Å². The standard InChI is InChI=1S/C17H24N4O3/c1-11-6-7-13(12(2)9-11)19-17(24)20-15(22)10-21-8-4-5-14(21)16(23)18-3/h6-7,9,14H,4-5,8,10H2,1-3H3,(H,18,23)(H2,19,20,22,24)/t14-/m1/s1. The molecule has 0 spiro atoms. The van der Waals surface area contributed by atoms with Crippen molar-refractivity contribution in [3.05, 3.63) is 29.3 Å². The second-order valence-electron chi connectivity index (χ2n) is 6.06. The van der Waals surface area contributed by atoms with E-state index in [-0.39, 0.29) is 18.5 Å². The molecule has 1 aliphatic rings. The number of carbonyl (C=O) groups excluding carboxylic acids is 3. The fraction of sp³-hybridized carbons (Fsp3) is 0.471. The van der Waals surface area contributed by atoms with Gasteiger partial charge in [-0.05, 0) is 44.9 Å². The molecule has 0 aliphatic carbocycles. The molecule has 0 radical (unpaired) electrons. The van der Waals surface area contributed by atoms with Crippen molar-refractivity contribution in [2.24, 2.45) is 0 Å². The Labute approximate surface area is 141 Å². The molecule has 0 bridgehead atoms. The Kier molecular flexibility index (Phi) is 5.92. The van der Waals surface area contributed by atoms with E-state index in [9.17, 15) is 14.4 Å². The smallest absolute Gasteiger partial charge is 0.325 e. The summed E-state index contributed by atoms with van der Waals surface area (Å²) in [6.45, 7) is 4.56. The van der Waals surface area contributed by atoms with Crippen molar-refractivity contribution in [1.29, 1.82) is 0 Å². The Hall–Kier alpha value is -2.41. The van der Waals surface area contributed by atoms with Crippen molar-refractivity contribution >= 4 is 23.5 Å². The highest BCUT2D eigenvalue weighted by molar-refractivity contribution is 6.02. The van der Waals surface area contributed by atoms with Crippen molar-refractivity contribution < 1.29 is 14.4 Å². The number of aryl methyl sites for hydroxylation is 2. The van der Waals surface area contributed by atoms with E-state index in [2.05, 4.69) is 16.0 Å². The summed E-state index contributed by atoms with van der Waals surface area (Å²) in [7, 11) is 1.58. The molecular formula is C17H24N4O3. The minimum Gasteiger partial charge on any atom is -0.358 e. The third-order valence-electron chi connectivity index (χ3n) is 4.14. The zero-order valence-electron chi connectivity index (χ0n) is 14.3. The zero-order valence-corrected chi connectivity index (χ0v) is 14.3. The summed E-state index contributed by atoms with van der Waals surface area (Å²) in [5.74, 6) is -0.520. The lowest BCUT2D eigenvalue weighted by atomic mass is 10.1. The van der Waals surface area contributed by atoms with Crippen LogP contribution in [0.4, 0.5) is 10.5 Å². The molecular weight excluding hydrogens is 308 g/mol. The number of hydrogen-bond acceptors (Lipinski definition) is 4. The molecule has 7 nitrogen and oxygen atoms in total. The molecule has 0 aromatic heterocycles. The molecule has 130 valence electrons. The maximum Gasteiger partial charge on any atom is 0.325 e. The highest BCUT2D eigenvalue weighted by atomic mass is 16.2. The van der Waals surface area contributed by atoms with Crippen molar-refractivity contribution in [3.8, 4) is 0 Å². The van der Waals surface area contributed by atoms with Gasteiger partial charge in [-0.1, -0.05) is 17.7 Å².